The third kappa shape index (κ3) is 2.60. The zero-order valence-electron chi connectivity index (χ0n) is 9.37. The standard InChI is InChI=1S/C13H12N2O2/c1-10(13(16)17)9-11-3-5-12(6-4-11)15-8-2-7-14-15/h2-9H,1H3,(H,16,17). The molecule has 0 unspecified atom stereocenters. The number of hydrogen-bond donors (Lipinski definition) is 1. The molecule has 1 N–H and O–H groups in total. The summed E-state index contributed by atoms with van der Waals surface area (Å²) >= 11 is 0. The van der Waals surface area contributed by atoms with E-state index in [9.17, 15) is 4.79 Å². The Kier molecular flexibility index (Phi) is 3.05. The highest BCUT2D eigenvalue weighted by Crippen LogP contribution is 2.11. The van der Waals surface area contributed by atoms with Crippen molar-refractivity contribution in [2.24, 2.45) is 0 Å². The fraction of sp³-hybridized carbons (Fsp3) is 0.0769. The number of aromatic nitrogens is 2. The molecular weight excluding hydrogens is 216 g/mol. The highest BCUT2D eigenvalue weighted by molar-refractivity contribution is 5.91. The minimum Gasteiger partial charge on any atom is -0.478 e. The number of hydrogen-bond acceptors (Lipinski definition) is 2. The summed E-state index contributed by atoms with van der Waals surface area (Å²) in [6.07, 6.45) is 5.20. The number of aliphatic carboxylic acids is 1. The predicted octanol–water partition coefficient (Wildman–Crippen LogP) is 2.36. The van der Waals surface area contributed by atoms with Crippen LogP contribution in [0.2, 0.25) is 0 Å². The summed E-state index contributed by atoms with van der Waals surface area (Å²) in [4.78, 5) is 10.7. The molecule has 0 fully saturated rings. The van der Waals surface area contributed by atoms with Gasteiger partial charge in [-0.3, -0.25) is 0 Å². The lowest BCUT2D eigenvalue weighted by atomic mass is 10.1. The number of carboxylic acids is 1. The van der Waals surface area contributed by atoms with Crippen LogP contribution in [-0.2, 0) is 4.79 Å². The van der Waals surface area contributed by atoms with Gasteiger partial charge in [-0.15, -0.1) is 0 Å². The van der Waals surface area contributed by atoms with E-state index in [1.165, 1.54) is 0 Å². The number of nitrogens with zero attached hydrogens (tertiary/aromatic N) is 2. The Bertz CT molecular complexity index is 539. The Balaban J connectivity index is 2.25. The summed E-state index contributed by atoms with van der Waals surface area (Å²) < 4.78 is 1.75. The smallest absolute Gasteiger partial charge is 0.331 e. The van der Waals surface area contributed by atoms with Crippen molar-refractivity contribution < 1.29 is 9.90 Å². The first kappa shape index (κ1) is 11.1. The summed E-state index contributed by atoms with van der Waals surface area (Å²) in [6, 6.07) is 9.37. The summed E-state index contributed by atoms with van der Waals surface area (Å²) in [6.45, 7) is 1.57. The molecule has 1 aromatic heterocycles. The van der Waals surface area contributed by atoms with Crippen LogP contribution in [0.5, 0.6) is 0 Å². The molecule has 0 atom stereocenters. The van der Waals surface area contributed by atoms with Crippen LogP contribution in [0.15, 0.2) is 48.3 Å². The van der Waals surface area contributed by atoms with Gasteiger partial charge in [0.05, 0.1) is 5.69 Å². The van der Waals surface area contributed by atoms with Gasteiger partial charge >= 0.3 is 5.97 Å². The van der Waals surface area contributed by atoms with E-state index < -0.39 is 5.97 Å². The van der Waals surface area contributed by atoms with E-state index in [1.54, 1.807) is 23.9 Å². The van der Waals surface area contributed by atoms with Crippen molar-refractivity contribution in [3.63, 3.8) is 0 Å². The van der Waals surface area contributed by atoms with Gasteiger partial charge in [-0.25, -0.2) is 9.48 Å². The highest BCUT2D eigenvalue weighted by atomic mass is 16.4. The van der Waals surface area contributed by atoms with Gasteiger partial charge in [-0.1, -0.05) is 12.1 Å². The summed E-state index contributed by atoms with van der Waals surface area (Å²) in [5.41, 5.74) is 2.12. The normalized spacial score (nSPS) is 11.5. The lowest BCUT2D eigenvalue weighted by Crippen LogP contribution is -1.96. The molecule has 0 aliphatic carbocycles. The first-order valence-corrected chi connectivity index (χ1v) is 5.18. The first-order chi connectivity index (χ1) is 8.16. The minimum atomic E-state index is -0.902. The van der Waals surface area contributed by atoms with Crippen LogP contribution in [0.1, 0.15) is 12.5 Å². The lowest BCUT2D eigenvalue weighted by Gasteiger charge is -2.01. The van der Waals surface area contributed by atoms with Crippen LogP contribution in [0.4, 0.5) is 0 Å². The van der Waals surface area contributed by atoms with Crippen LogP contribution in [0.25, 0.3) is 11.8 Å². The molecule has 0 amide bonds. The Hall–Kier alpha value is -2.36. The molecule has 0 bridgehead atoms. The van der Waals surface area contributed by atoms with E-state index >= 15 is 0 Å². The van der Waals surface area contributed by atoms with Gasteiger partial charge < -0.3 is 5.11 Å². The minimum absolute atomic E-state index is 0.317. The monoisotopic (exact) mass is 228 g/mol. The molecule has 0 aliphatic heterocycles. The van der Waals surface area contributed by atoms with E-state index in [0.29, 0.717) is 5.57 Å². The third-order valence-electron chi connectivity index (χ3n) is 2.38. The van der Waals surface area contributed by atoms with Gasteiger partial charge in [0.15, 0.2) is 0 Å². The molecule has 4 nitrogen and oxygen atoms in total. The SMILES string of the molecule is CC(=Cc1ccc(-n2cccn2)cc1)C(=O)O. The molecule has 0 aliphatic rings. The number of benzene rings is 1. The van der Waals surface area contributed by atoms with Gasteiger partial charge in [0.1, 0.15) is 0 Å². The van der Waals surface area contributed by atoms with E-state index in [0.717, 1.165) is 11.3 Å². The van der Waals surface area contributed by atoms with E-state index in [1.807, 2.05) is 36.5 Å². The van der Waals surface area contributed by atoms with Gasteiger partial charge in [0.2, 0.25) is 0 Å². The first-order valence-electron chi connectivity index (χ1n) is 5.18. The van der Waals surface area contributed by atoms with Crippen molar-refractivity contribution in [1.82, 2.24) is 9.78 Å². The van der Waals surface area contributed by atoms with Crippen molar-refractivity contribution in [3.05, 3.63) is 53.9 Å². The average Bonchev–Trinajstić information content (AvgIpc) is 2.83. The number of carboxylic acid groups (broad SMARTS) is 1. The average molecular weight is 228 g/mol. The zero-order valence-corrected chi connectivity index (χ0v) is 9.37. The maximum Gasteiger partial charge on any atom is 0.331 e. The predicted molar refractivity (Wildman–Crippen MR) is 64.9 cm³/mol. The maximum absolute atomic E-state index is 10.7. The van der Waals surface area contributed by atoms with Crippen LogP contribution in [-0.4, -0.2) is 20.9 Å². The molecule has 1 aromatic carbocycles. The van der Waals surface area contributed by atoms with Gasteiger partial charge in [0, 0.05) is 18.0 Å². The molecule has 1 heterocycles. The van der Waals surface area contributed by atoms with Crippen LogP contribution in [0.3, 0.4) is 0 Å². The Morgan fingerprint density at radius 2 is 2.06 bits per heavy atom. The van der Waals surface area contributed by atoms with E-state index in [2.05, 4.69) is 5.10 Å². The Morgan fingerprint density at radius 1 is 1.35 bits per heavy atom. The topological polar surface area (TPSA) is 55.1 Å². The van der Waals surface area contributed by atoms with E-state index in [-0.39, 0.29) is 0 Å². The molecule has 2 aromatic rings. The Morgan fingerprint density at radius 3 is 2.59 bits per heavy atom. The molecule has 2 rings (SSSR count). The number of carbonyl (C=O) groups is 1. The van der Waals surface area contributed by atoms with Crippen LogP contribution in [0, 0.1) is 0 Å². The lowest BCUT2D eigenvalue weighted by molar-refractivity contribution is -0.132. The van der Waals surface area contributed by atoms with Gasteiger partial charge in [0.25, 0.3) is 0 Å². The Labute approximate surface area is 98.8 Å². The largest absolute Gasteiger partial charge is 0.478 e. The second-order valence-corrected chi connectivity index (χ2v) is 3.67. The molecule has 4 heteroatoms. The summed E-state index contributed by atoms with van der Waals surface area (Å²) in [5, 5.41) is 12.9. The molecule has 0 spiro atoms. The van der Waals surface area contributed by atoms with Crippen molar-refractivity contribution in [2.45, 2.75) is 6.92 Å². The summed E-state index contributed by atoms with van der Waals surface area (Å²) in [5.74, 6) is -0.902. The van der Waals surface area contributed by atoms with E-state index in [4.69, 9.17) is 5.11 Å². The van der Waals surface area contributed by atoms with Gasteiger partial charge in [-0.2, -0.15) is 5.10 Å². The molecule has 0 saturated carbocycles. The second kappa shape index (κ2) is 4.65. The van der Waals surface area contributed by atoms with Crippen molar-refractivity contribution in [2.75, 3.05) is 0 Å². The fourth-order valence-corrected chi connectivity index (χ4v) is 1.46. The molecule has 17 heavy (non-hydrogen) atoms. The molecule has 0 saturated heterocycles. The highest BCUT2D eigenvalue weighted by Gasteiger charge is 2.00. The van der Waals surface area contributed by atoms with Crippen LogP contribution < -0.4 is 0 Å². The maximum atomic E-state index is 10.7. The van der Waals surface area contributed by atoms with Crippen LogP contribution >= 0.6 is 0 Å². The number of rotatable bonds is 3. The summed E-state index contributed by atoms with van der Waals surface area (Å²) in [7, 11) is 0. The van der Waals surface area contributed by atoms with Crippen molar-refractivity contribution in [3.8, 4) is 5.69 Å². The second-order valence-electron chi connectivity index (χ2n) is 3.67. The van der Waals surface area contributed by atoms with Gasteiger partial charge in [-0.05, 0) is 36.8 Å². The zero-order chi connectivity index (χ0) is 12.3. The third-order valence-corrected chi connectivity index (χ3v) is 2.38. The van der Waals surface area contributed by atoms with Crippen molar-refractivity contribution >= 4 is 12.0 Å². The molecule has 0 radical (unpaired) electrons. The quantitative estimate of drug-likeness (QED) is 0.820. The molecular formula is C13H12N2O2. The van der Waals surface area contributed by atoms with Crippen molar-refractivity contribution in [1.29, 1.82) is 0 Å². The molecule has 86 valence electrons. The fourth-order valence-electron chi connectivity index (χ4n) is 1.46.